The standard InChI is InChI=1S/C19H27N7/c1-15-24-17-7-4-5-8-18(17)26(15)12-6-10-21-19(20-2)22-11-9-16-13-23-25(3)14-16/h4-5,7-8,13-14H,6,9-12H2,1-3H3,(H2,20,21,22). The van der Waals surface area contributed by atoms with Gasteiger partial charge < -0.3 is 15.2 Å². The molecule has 3 rings (SSSR count). The summed E-state index contributed by atoms with van der Waals surface area (Å²) < 4.78 is 4.10. The van der Waals surface area contributed by atoms with Gasteiger partial charge in [-0.2, -0.15) is 5.10 Å². The summed E-state index contributed by atoms with van der Waals surface area (Å²) >= 11 is 0. The van der Waals surface area contributed by atoms with E-state index in [1.807, 2.05) is 30.2 Å². The zero-order chi connectivity index (χ0) is 18.4. The van der Waals surface area contributed by atoms with E-state index < -0.39 is 0 Å². The van der Waals surface area contributed by atoms with E-state index in [1.54, 1.807) is 7.05 Å². The van der Waals surface area contributed by atoms with Gasteiger partial charge in [0.1, 0.15) is 5.82 Å². The van der Waals surface area contributed by atoms with Crippen LogP contribution in [0.3, 0.4) is 0 Å². The monoisotopic (exact) mass is 353 g/mol. The highest BCUT2D eigenvalue weighted by molar-refractivity contribution is 5.79. The summed E-state index contributed by atoms with van der Waals surface area (Å²) in [5.41, 5.74) is 3.48. The molecular weight excluding hydrogens is 326 g/mol. The van der Waals surface area contributed by atoms with Crippen LogP contribution in [0.4, 0.5) is 0 Å². The maximum atomic E-state index is 4.61. The fourth-order valence-electron chi connectivity index (χ4n) is 3.07. The van der Waals surface area contributed by atoms with E-state index in [1.165, 1.54) is 11.1 Å². The molecule has 1 aromatic carbocycles. The molecule has 3 aromatic rings. The van der Waals surface area contributed by atoms with Gasteiger partial charge in [-0.1, -0.05) is 12.1 Å². The van der Waals surface area contributed by atoms with Gasteiger partial charge in [0.05, 0.1) is 17.2 Å². The number of imidazole rings is 1. The summed E-state index contributed by atoms with van der Waals surface area (Å²) in [5, 5.41) is 10.9. The van der Waals surface area contributed by atoms with Crippen molar-refractivity contribution in [2.24, 2.45) is 12.0 Å². The molecule has 0 aliphatic rings. The van der Waals surface area contributed by atoms with E-state index in [9.17, 15) is 0 Å². The highest BCUT2D eigenvalue weighted by atomic mass is 15.2. The fourth-order valence-corrected chi connectivity index (χ4v) is 3.07. The van der Waals surface area contributed by atoms with E-state index in [0.717, 1.165) is 49.8 Å². The van der Waals surface area contributed by atoms with Crippen LogP contribution in [0.25, 0.3) is 11.0 Å². The first-order chi connectivity index (χ1) is 12.7. The summed E-state index contributed by atoms with van der Waals surface area (Å²) in [5.74, 6) is 1.89. The van der Waals surface area contributed by atoms with Crippen LogP contribution in [-0.4, -0.2) is 45.4 Å². The van der Waals surface area contributed by atoms with Crippen molar-refractivity contribution in [3.05, 3.63) is 48.0 Å². The molecule has 0 aliphatic heterocycles. The number of rotatable bonds is 7. The molecule has 0 bridgehead atoms. The largest absolute Gasteiger partial charge is 0.356 e. The number of aliphatic imine (C=N–C) groups is 1. The fraction of sp³-hybridized carbons (Fsp3) is 0.421. The minimum Gasteiger partial charge on any atom is -0.356 e. The Labute approximate surface area is 154 Å². The molecule has 0 radical (unpaired) electrons. The Morgan fingerprint density at radius 3 is 2.77 bits per heavy atom. The molecule has 2 N–H and O–H groups in total. The Kier molecular flexibility index (Phi) is 5.88. The quantitative estimate of drug-likeness (QED) is 0.386. The van der Waals surface area contributed by atoms with E-state index >= 15 is 0 Å². The van der Waals surface area contributed by atoms with E-state index in [0.29, 0.717) is 0 Å². The minimum absolute atomic E-state index is 0.830. The second-order valence-electron chi connectivity index (χ2n) is 6.35. The van der Waals surface area contributed by atoms with Crippen molar-refractivity contribution in [1.82, 2.24) is 30.0 Å². The lowest BCUT2D eigenvalue weighted by Gasteiger charge is -2.12. The van der Waals surface area contributed by atoms with Crippen molar-refractivity contribution in [2.45, 2.75) is 26.3 Å². The van der Waals surface area contributed by atoms with E-state index in [4.69, 9.17) is 0 Å². The molecule has 7 nitrogen and oxygen atoms in total. The zero-order valence-corrected chi connectivity index (χ0v) is 15.7. The van der Waals surface area contributed by atoms with Gasteiger partial charge >= 0.3 is 0 Å². The molecule has 0 saturated heterocycles. The SMILES string of the molecule is CN=C(NCCCn1c(C)nc2ccccc21)NCCc1cnn(C)c1. The van der Waals surface area contributed by atoms with E-state index in [2.05, 4.69) is 55.4 Å². The third-order valence-corrected chi connectivity index (χ3v) is 4.38. The summed E-state index contributed by atoms with van der Waals surface area (Å²) in [6, 6.07) is 8.28. The Balaban J connectivity index is 1.42. The predicted octanol–water partition coefficient (Wildman–Crippen LogP) is 1.88. The number of hydrogen-bond donors (Lipinski definition) is 2. The molecule has 0 atom stereocenters. The lowest BCUT2D eigenvalue weighted by Crippen LogP contribution is -2.39. The topological polar surface area (TPSA) is 72.1 Å². The van der Waals surface area contributed by atoms with Gasteiger partial charge in [0, 0.05) is 39.9 Å². The third kappa shape index (κ3) is 4.41. The summed E-state index contributed by atoms with van der Waals surface area (Å²) in [6.45, 7) is 4.69. The number of nitrogens with one attached hydrogen (secondary N) is 2. The van der Waals surface area contributed by atoms with Crippen LogP contribution in [0, 0.1) is 6.92 Å². The molecule has 0 spiro atoms. The molecule has 2 aromatic heterocycles. The van der Waals surface area contributed by atoms with Crippen LogP contribution in [0.2, 0.25) is 0 Å². The van der Waals surface area contributed by atoms with Crippen molar-refractivity contribution in [3.63, 3.8) is 0 Å². The van der Waals surface area contributed by atoms with Crippen LogP contribution in [0.5, 0.6) is 0 Å². The van der Waals surface area contributed by atoms with Gasteiger partial charge in [0.25, 0.3) is 0 Å². The Morgan fingerprint density at radius 2 is 2.00 bits per heavy atom. The van der Waals surface area contributed by atoms with Gasteiger partial charge in [-0.15, -0.1) is 0 Å². The number of aryl methyl sites for hydroxylation is 3. The highest BCUT2D eigenvalue weighted by Gasteiger charge is 2.06. The number of nitrogens with zero attached hydrogens (tertiary/aromatic N) is 5. The number of hydrogen-bond acceptors (Lipinski definition) is 3. The van der Waals surface area contributed by atoms with Crippen LogP contribution in [0.15, 0.2) is 41.7 Å². The smallest absolute Gasteiger partial charge is 0.190 e. The van der Waals surface area contributed by atoms with Gasteiger partial charge in [-0.25, -0.2) is 4.98 Å². The molecule has 7 heteroatoms. The molecule has 0 saturated carbocycles. The average molecular weight is 353 g/mol. The van der Waals surface area contributed by atoms with Crippen molar-refractivity contribution < 1.29 is 0 Å². The highest BCUT2D eigenvalue weighted by Crippen LogP contribution is 2.15. The van der Waals surface area contributed by atoms with Gasteiger partial charge in [0.2, 0.25) is 0 Å². The van der Waals surface area contributed by atoms with Gasteiger partial charge in [-0.3, -0.25) is 9.67 Å². The van der Waals surface area contributed by atoms with Gasteiger partial charge in [-0.05, 0) is 37.5 Å². The lowest BCUT2D eigenvalue weighted by molar-refractivity contribution is 0.624. The second kappa shape index (κ2) is 8.51. The minimum atomic E-state index is 0.830. The normalized spacial score (nSPS) is 11.9. The Morgan fingerprint density at radius 1 is 1.19 bits per heavy atom. The maximum absolute atomic E-state index is 4.61. The predicted molar refractivity (Wildman–Crippen MR) is 105 cm³/mol. The van der Waals surface area contributed by atoms with Crippen LogP contribution < -0.4 is 10.6 Å². The molecule has 138 valence electrons. The molecule has 0 unspecified atom stereocenters. The molecule has 0 fully saturated rings. The second-order valence-corrected chi connectivity index (χ2v) is 6.35. The average Bonchev–Trinajstić information content (AvgIpc) is 3.19. The van der Waals surface area contributed by atoms with Gasteiger partial charge in [0.15, 0.2) is 5.96 Å². The number of para-hydroxylation sites is 2. The van der Waals surface area contributed by atoms with Crippen LogP contribution in [-0.2, 0) is 20.0 Å². The van der Waals surface area contributed by atoms with Crippen molar-refractivity contribution in [2.75, 3.05) is 20.1 Å². The summed E-state index contributed by atoms with van der Waals surface area (Å²) in [6.07, 6.45) is 5.87. The number of guanidine groups is 1. The maximum Gasteiger partial charge on any atom is 0.190 e. The first kappa shape index (κ1) is 18.0. The zero-order valence-electron chi connectivity index (χ0n) is 15.7. The lowest BCUT2D eigenvalue weighted by atomic mass is 10.2. The Bertz CT molecular complexity index is 875. The number of aromatic nitrogens is 4. The first-order valence-corrected chi connectivity index (χ1v) is 9.01. The first-order valence-electron chi connectivity index (χ1n) is 9.01. The van der Waals surface area contributed by atoms with Crippen molar-refractivity contribution in [1.29, 1.82) is 0 Å². The van der Waals surface area contributed by atoms with Crippen LogP contribution >= 0.6 is 0 Å². The molecular formula is C19H27N7. The van der Waals surface area contributed by atoms with Crippen LogP contribution in [0.1, 0.15) is 17.8 Å². The number of fused-ring (bicyclic) bond motifs is 1. The third-order valence-electron chi connectivity index (χ3n) is 4.38. The molecule has 26 heavy (non-hydrogen) atoms. The number of benzene rings is 1. The Hall–Kier alpha value is -2.83. The van der Waals surface area contributed by atoms with E-state index in [-0.39, 0.29) is 0 Å². The molecule has 0 aliphatic carbocycles. The summed E-state index contributed by atoms with van der Waals surface area (Å²) in [7, 11) is 3.73. The molecule has 2 heterocycles. The summed E-state index contributed by atoms with van der Waals surface area (Å²) in [4.78, 5) is 8.89. The van der Waals surface area contributed by atoms with Crippen molar-refractivity contribution in [3.8, 4) is 0 Å². The molecule has 0 amide bonds. The van der Waals surface area contributed by atoms with Crippen molar-refractivity contribution >= 4 is 17.0 Å².